The highest BCUT2D eigenvalue weighted by Crippen LogP contribution is 2.46. The summed E-state index contributed by atoms with van der Waals surface area (Å²) < 4.78 is 58.6. The minimum atomic E-state index is -2.64. The summed E-state index contributed by atoms with van der Waals surface area (Å²) in [5, 5.41) is 18.7. The summed E-state index contributed by atoms with van der Waals surface area (Å²) in [6, 6.07) is 11.4. The molecule has 0 saturated heterocycles. The molecule has 36 heavy (non-hydrogen) atoms. The lowest BCUT2D eigenvalue weighted by Gasteiger charge is -2.34. The molecule has 0 spiro atoms. The van der Waals surface area contributed by atoms with E-state index in [1.165, 1.54) is 0 Å². The van der Waals surface area contributed by atoms with E-state index in [4.69, 9.17) is 4.74 Å². The third-order valence-electron chi connectivity index (χ3n) is 6.96. The van der Waals surface area contributed by atoms with E-state index in [0.29, 0.717) is 22.7 Å². The van der Waals surface area contributed by atoms with Crippen LogP contribution in [0.5, 0.6) is 5.88 Å². The second kappa shape index (κ2) is 11.1. The Bertz CT molecular complexity index is 1090. The normalized spacial score (nSPS) is 21.1. The van der Waals surface area contributed by atoms with Gasteiger partial charge in [-0.1, -0.05) is 12.1 Å². The highest BCUT2D eigenvalue weighted by Gasteiger charge is 2.45. The first-order valence-corrected chi connectivity index (χ1v) is 12.6. The van der Waals surface area contributed by atoms with Gasteiger partial charge >= 0.3 is 0 Å². The van der Waals surface area contributed by atoms with Crippen LogP contribution >= 0.6 is 15.9 Å². The molecule has 5 nitrogen and oxygen atoms in total. The Morgan fingerprint density at radius 1 is 0.778 bits per heavy atom. The zero-order chi connectivity index (χ0) is 26.5. The Morgan fingerprint density at radius 2 is 1.22 bits per heavy atom. The summed E-state index contributed by atoms with van der Waals surface area (Å²) in [5.74, 6) is -4.78. The lowest BCUT2D eigenvalue weighted by Crippen LogP contribution is -2.35. The van der Waals surface area contributed by atoms with Gasteiger partial charge in [-0.2, -0.15) is 10.5 Å². The predicted molar refractivity (Wildman–Crippen MR) is 129 cm³/mol. The van der Waals surface area contributed by atoms with Crippen molar-refractivity contribution in [3.8, 4) is 18.0 Å². The number of nitrogens with zero attached hydrogens (tertiary/aromatic N) is 4. The molecule has 2 saturated carbocycles. The van der Waals surface area contributed by atoms with Gasteiger partial charge in [0.15, 0.2) is 0 Å². The Kier molecular flexibility index (Phi) is 8.61. The number of aromatic nitrogens is 2. The maximum Gasteiger partial charge on any atom is 0.248 e. The predicted octanol–water partition coefficient (Wildman–Crippen LogP) is 7.27. The number of halogens is 5. The summed E-state index contributed by atoms with van der Waals surface area (Å²) >= 11 is 3.21. The summed E-state index contributed by atoms with van der Waals surface area (Å²) in [5.41, 5.74) is -0.193. The largest absolute Gasteiger partial charge is 0.478 e. The van der Waals surface area contributed by atoms with Gasteiger partial charge in [0.1, 0.15) is 4.60 Å². The van der Waals surface area contributed by atoms with Crippen LogP contribution in [-0.4, -0.2) is 28.4 Å². The van der Waals surface area contributed by atoms with Crippen LogP contribution < -0.4 is 4.74 Å². The monoisotopic (exact) mass is 566 g/mol. The molecule has 2 fully saturated rings. The molecule has 0 radical (unpaired) electrons. The van der Waals surface area contributed by atoms with Crippen molar-refractivity contribution in [2.45, 2.75) is 81.0 Å². The summed E-state index contributed by atoms with van der Waals surface area (Å²) in [6.07, 6.45) is 2.96. The van der Waals surface area contributed by atoms with E-state index in [0.717, 1.165) is 5.56 Å². The van der Waals surface area contributed by atoms with E-state index in [1.54, 1.807) is 36.7 Å². The molecule has 2 aromatic rings. The maximum absolute atomic E-state index is 13.2. The summed E-state index contributed by atoms with van der Waals surface area (Å²) in [4.78, 5) is 8.17. The fourth-order valence-electron chi connectivity index (χ4n) is 4.57. The highest BCUT2D eigenvalue weighted by atomic mass is 79.9. The van der Waals surface area contributed by atoms with Crippen LogP contribution in [-0.2, 0) is 10.8 Å². The SMILES string of the molecule is CCOc1ccc(C2(C#N)CCC(F)(F)CC2)cn1.N#CC1(c2ccc(Br)nc2)CCC(F)(F)CC1. The van der Waals surface area contributed by atoms with Crippen LogP contribution in [0.2, 0.25) is 0 Å². The molecular weight excluding hydrogens is 540 g/mol. The van der Waals surface area contributed by atoms with Crippen molar-refractivity contribution < 1.29 is 22.3 Å². The standard InChI is InChI=1S/C14H16F2N2O.C12H11BrF2N2/c1-2-19-12-4-3-11(9-18-12)13(10-17)5-7-14(15,16)8-6-13;13-10-2-1-9(7-17-10)11(8-16)3-5-12(14,15)6-4-11/h3-4,9H,2,5-8H2,1H3;1-2,7H,3-6H2. The summed E-state index contributed by atoms with van der Waals surface area (Å²) in [7, 11) is 0. The molecule has 0 unspecified atom stereocenters. The molecule has 0 bridgehead atoms. The van der Waals surface area contributed by atoms with Gasteiger partial charge in [-0.3, -0.25) is 0 Å². The number of alkyl halides is 4. The molecule has 0 aliphatic heterocycles. The number of hydrogen-bond donors (Lipinski definition) is 0. The van der Waals surface area contributed by atoms with E-state index in [1.807, 2.05) is 6.92 Å². The van der Waals surface area contributed by atoms with Crippen molar-refractivity contribution in [3.63, 3.8) is 0 Å². The molecule has 192 valence electrons. The molecule has 0 aromatic carbocycles. The van der Waals surface area contributed by atoms with E-state index in [-0.39, 0.29) is 51.4 Å². The van der Waals surface area contributed by atoms with Crippen molar-refractivity contribution in [3.05, 3.63) is 52.4 Å². The Hall–Kier alpha value is -2.72. The molecule has 2 aliphatic carbocycles. The fourth-order valence-corrected chi connectivity index (χ4v) is 4.81. The third-order valence-corrected chi connectivity index (χ3v) is 7.43. The molecule has 2 aromatic heterocycles. The second-order valence-corrected chi connectivity index (χ2v) is 10.1. The van der Waals surface area contributed by atoms with E-state index in [2.05, 4.69) is 38.0 Å². The van der Waals surface area contributed by atoms with Gasteiger partial charge in [-0.05, 0) is 65.7 Å². The average Bonchev–Trinajstić information content (AvgIpc) is 2.87. The zero-order valence-electron chi connectivity index (χ0n) is 19.9. The van der Waals surface area contributed by atoms with Gasteiger partial charge < -0.3 is 4.74 Å². The highest BCUT2D eigenvalue weighted by molar-refractivity contribution is 9.10. The van der Waals surface area contributed by atoms with Gasteiger partial charge in [0, 0.05) is 44.1 Å². The smallest absolute Gasteiger partial charge is 0.248 e. The minimum absolute atomic E-state index is 0.173. The van der Waals surface area contributed by atoms with Crippen molar-refractivity contribution >= 4 is 15.9 Å². The van der Waals surface area contributed by atoms with Crippen molar-refractivity contribution in [1.29, 1.82) is 10.5 Å². The van der Waals surface area contributed by atoms with Crippen LogP contribution in [0.3, 0.4) is 0 Å². The number of rotatable bonds is 4. The summed E-state index contributed by atoms with van der Waals surface area (Å²) in [6.45, 7) is 2.37. The quantitative estimate of drug-likeness (QED) is 0.287. The van der Waals surface area contributed by atoms with Gasteiger partial charge in [0.05, 0.1) is 29.6 Å². The van der Waals surface area contributed by atoms with Crippen LogP contribution in [0.15, 0.2) is 41.3 Å². The van der Waals surface area contributed by atoms with Crippen LogP contribution in [0.25, 0.3) is 0 Å². The molecule has 2 aliphatic rings. The first kappa shape index (κ1) is 27.9. The zero-order valence-corrected chi connectivity index (χ0v) is 21.5. The van der Waals surface area contributed by atoms with Gasteiger partial charge in [-0.15, -0.1) is 0 Å². The molecule has 0 amide bonds. The number of nitriles is 2. The third kappa shape index (κ3) is 6.53. The van der Waals surface area contributed by atoms with Crippen molar-refractivity contribution in [2.75, 3.05) is 6.61 Å². The van der Waals surface area contributed by atoms with Crippen LogP contribution in [0.4, 0.5) is 17.6 Å². The van der Waals surface area contributed by atoms with E-state index in [9.17, 15) is 28.1 Å². The first-order valence-electron chi connectivity index (χ1n) is 11.8. The van der Waals surface area contributed by atoms with Gasteiger partial charge in [0.2, 0.25) is 17.7 Å². The molecule has 2 heterocycles. The van der Waals surface area contributed by atoms with Gasteiger partial charge in [-0.25, -0.2) is 27.5 Å². The second-order valence-electron chi connectivity index (χ2n) is 9.29. The maximum atomic E-state index is 13.2. The average molecular weight is 567 g/mol. The Labute approximate surface area is 216 Å². The lowest BCUT2D eigenvalue weighted by molar-refractivity contribution is -0.0459. The molecule has 0 N–H and O–H groups in total. The van der Waals surface area contributed by atoms with E-state index < -0.39 is 22.7 Å². The minimum Gasteiger partial charge on any atom is -0.478 e. The van der Waals surface area contributed by atoms with Crippen LogP contribution in [0, 0.1) is 22.7 Å². The molecular formula is C26H27BrF4N4O. The number of ether oxygens (including phenoxy) is 1. The van der Waals surface area contributed by atoms with Crippen LogP contribution in [0.1, 0.15) is 69.4 Å². The number of hydrogen-bond acceptors (Lipinski definition) is 5. The van der Waals surface area contributed by atoms with E-state index >= 15 is 0 Å². The topological polar surface area (TPSA) is 82.6 Å². The lowest BCUT2D eigenvalue weighted by atomic mass is 9.70. The Morgan fingerprint density at radius 3 is 1.56 bits per heavy atom. The molecule has 10 heteroatoms. The number of pyridine rings is 2. The fraction of sp³-hybridized carbons (Fsp3) is 0.538. The van der Waals surface area contributed by atoms with Crippen molar-refractivity contribution in [1.82, 2.24) is 9.97 Å². The van der Waals surface area contributed by atoms with Gasteiger partial charge in [0.25, 0.3) is 0 Å². The van der Waals surface area contributed by atoms with Crippen molar-refractivity contribution in [2.24, 2.45) is 0 Å². The molecule has 0 atom stereocenters. The Balaban J connectivity index is 0.000000202. The molecule has 4 rings (SSSR count). The first-order chi connectivity index (χ1) is 17.0.